The molecule has 1 aromatic carbocycles. The average molecular weight is 349 g/mol. The van der Waals surface area contributed by atoms with E-state index in [0.29, 0.717) is 18.3 Å². The molecule has 0 bridgehead atoms. The number of thioether (sulfide) groups is 1. The second-order valence-corrected chi connectivity index (χ2v) is 6.80. The molecule has 24 heavy (non-hydrogen) atoms. The first kappa shape index (κ1) is 18.3. The summed E-state index contributed by atoms with van der Waals surface area (Å²) in [5.41, 5.74) is 1.86. The molecule has 1 aromatic heterocycles. The number of amides is 1. The lowest BCUT2D eigenvalue weighted by molar-refractivity contribution is -0.115. The summed E-state index contributed by atoms with van der Waals surface area (Å²) in [7, 11) is 5.60. The summed E-state index contributed by atoms with van der Waals surface area (Å²) in [5, 5.41) is 11.3. The van der Waals surface area contributed by atoms with Gasteiger partial charge in [-0.25, -0.2) is 0 Å². The standard InChI is InChI=1S/C16H23N5O2S/c1-12(24-16-19-17-11-21(16)9-10-23-4)15(22)18-13-5-7-14(8-6-13)20(2)3/h5-8,11-12H,9-10H2,1-4H3,(H,18,22). The molecule has 0 saturated heterocycles. The number of methoxy groups -OCH3 is 1. The molecule has 1 amide bonds. The summed E-state index contributed by atoms with van der Waals surface area (Å²) < 4.78 is 6.94. The molecule has 0 saturated carbocycles. The minimum Gasteiger partial charge on any atom is -0.383 e. The number of aromatic nitrogens is 3. The van der Waals surface area contributed by atoms with Crippen molar-refractivity contribution in [2.24, 2.45) is 0 Å². The van der Waals surface area contributed by atoms with E-state index in [-0.39, 0.29) is 11.2 Å². The molecule has 7 nitrogen and oxygen atoms in total. The highest BCUT2D eigenvalue weighted by Crippen LogP contribution is 2.23. The molecule has 0 radical (unpaired) electrons. The van der Waals surface area contributed by atoms with E-state index in [1.165, 1.54) is 11.8 Å². The van der Waals surface area contributed by atoms with E-state index in [4.69, 9.17) is 4.74 Å². The zero-order chi connectivity index (χ0) is 17.5. The third kappa shape index (κ3) is 4.97. The Bertz CT molecular complexity index is 657. The maximum atomic E-state index is 12.4. The van der Waals surface area contributed by atoms with E-state index < -0.39 is 0 Å². The Balaban J connectivity index is 1.93. The van der Waals surface area contributed by atoms with E-state index in [0.717, 1.165) is 11.4 Å². The van der Waals surface area contributed by atoms with E-state index in [1.54, 1.807) is 13.4 Å². The smallest absolute Gasteiger partial charge is 0.237 e. The van der Waals surface area contributed by atoms with Crippen LogP contribution in [0.4, 0.5) is 11.4 Å². The van der Waals surface area contributed by atoms with Crippen molar-refractivity contribution in [1.29, 1.82) is 0 Å². The zero-order valence-electron chi connectivity index (χ0n) is 14.4. The summed E-state index contributed by atoms with van der Waals surface area (Å²) in [6, 6.07) is 7.72. The van der Waals surface area contributed by atoms with Crippen LogP contribution in [0.1, 0.15) is 6.92 Å². The van der Waals surface area contributed by atoms with Crippen molar-refractivity contribution in [2.75, 3.05) is 38.0 Å². The van der Waals surface area contributed by atoms with E-state index in [1.807, 2.05) is 54.8 Å². The molecule has 0 fully saturated rings. The number of nitrogens with one attached hydrogen (secondary N) is 1. The van der Waals surface area contributed by atoms with Gasteiger partial charge in [-0.2, -0.15) is 0 Å². The van der Waals surface area contributed by atoms with Gasteiger partial charge < -0.3 is 19.5 Å². The Morgan fingerprint density at radius 2 is 2.08 bits per heavy atom. The highest BCUT2D eigenvalue weighted by molar-refractivity contribution is 8.00. The van der Waals surface area contributed by atoms with Crippen molar-refractivity contribution in [3.05, 3.63) is 30.6 Å². The fourth-order valence-corrected chi connectivity index (χ4v) is 2.83. The summed E-state index contributed by atoms with van der Waals surface area (Å²) in [6.45, 7) is 3.08. The van der Waals surface area contributed by atoms with Crippen LogP contribution in [-0.2, 0) is 16.1 Å². The van der Waals surface area contributed by atoms with Crippen LogP contribution in [0.2, 0.25) is 0 Å². The lowest BCUT2D eigenvalue weighted by Gasteiger charge is -2.14. The molecule has 1 heterocycles. The zero-order valence-corrected chi connectivity index (χ0v) is 15.2. The molecular weight excluding hydrogens is 326 g/mol. The second-order valence-electron chi connectivity index (χ2n) is 5.49. The number of benzene rings is 1. The van der Waals surface area contributed by atoms with Crippen molar-refractivity contribution >= 4 is 29.0 Å². The maximum absolute atomic E-state index is 12.4. The van der Waals surface area contributed by atoms with Crippen LogP contribution in [-0.4, -0.2) is 53.7 Å². The van der Waals surface area contributed by atoms with Gasteiger partial charge in [-0.3, -0.25) is 4.79 Å². The molecule has 1 unspecified atom stereocenters. The number of ether oxygens (including phenoxy) is 1. The molecule has 0 aliphatic heterocycles. The quantitative estimate of drug-likeness (QED) is 0.736. The maximum Gasteiger partial charge on any atom is 0.237 e. The van der Waals surface area contributed by atoms with Crippen LogP contribution in [0.5, 0.6) is 0 Å². The lowest BCUT2D eigenvalue weighted by Crippen LogP contribution is -2.23. The van der Waals surface area contributed by atoms with Gasteiger partial charge >= 0.3 is 0 Å². The van der Waals surface area contributed by atoms with Gasteiger partial charge in [0.15, 0.2) is 5.16 Å². The fourth-order valence-electron chi connectivity index (χ4n) is 1.98. The molecule has 0 aliphatic rings. The number of nitrogens with zero attached hydrogens (tertiary/aromatic N) is 4. The lowest BCUT2D eigenvalue weighted by atomic mass is 10.2. The van der Waals surface area contributed by atoms with Gasteiger partial charge in [-0.1, -0.05) is 11.8 Å². The van der Waals surface area contributed by atoms with Gasteiger partial charge in [0.25, 0.3) is 0 Å². The summed E-state index contributed by atoms with van der Waals surface area (Å²) in [4.78, 5) is 14.4. The number of rotatable bonds is 8. The molecular formula is C16H23N5O2S. The second kappa shape index (κ2) is 8.70. The summed E-state index contributed by atoms with van der Waals surface area (Å²) in [6.07, 6.45) is 1.64. The predicted octanol–water partition coefficient (Wildman–Crippen LogP) is 2.11. The Morgan fingerprint density at radius 3 is 2.71 bits per heavy atom. The first-order chi connectivity index (χ1) is 11.5. The fraction of sp³-hybridized carbons (Fsp3) is 0.438. The van der Waals surface area contributed by atoms with Gasteiger partial charge in [0.2, 0.25) is 5.91 Å². The number of carbonyl (C=O) groups is 1. The number of hydrogen-bond acceptors (Lipinski definition) is 6. The van der Waals surface area contributed by atoms with Crippen LogP contribution < -0.4 is 10.2 Å². The van der Waals surface area contributed by atoms with Gasteiger partial charge in [-0.05, 0) is 31.2 Å². The Kier molecular flexibility index (Phi) is 6.62. The van der Waals surface area contributed by atoms with Crippen LogP contribution in [0.25, 0.3) is 0 Å². The van der Waals surface area contributed by atoms with Crippen LogP contribution >= 0.6 is 11.8 Å². The van der Waals surface area contributed by atoms with Crippen LogP contribution in [0, 0.1) is 0 Å². The van der Waals surface area contributed by atoms with Gasteiger partial charge in [0.05, 0.1) is 11.9 Å². The molecule has 1 N–H and O–H groups in total. The Hall–Kier alpha value is -2.06. The number of anilines is 2. The van der Waals surface area contributed by atoms with Crippen molar-refractivity contribution in [3.63, 3.8) is 0 Å². The highest BCUT2D eigenvalue weighted by Gasteiger charge is 2.18. The van der Waals surface area contributed by atoms with Gasteiger partial charge in [0, 0.05) is 39.1 Å². The minimum atomic E-state index is -0.288. The van der Waals surface area contributed by atoms with Crippen molar-refractivity contribution < 1.29 is 9.53 Å². The highest BCUT2D eigenvalue weighted by atomic mass is 32.2. The number of carbonyl (C=O) groups excluding carboxylic acids is 1. The molecule has 0 aliphatic carbocycles. The van der Waals surface area contributed by atoms with Crippen molar-refractivity contribution in [3.8, 4) is 0 Å². The van der Waals surface area contributed by atoms with Gasteiger partial charge in [0.1, 0.15) is 6.33 Å². The summed E-state index contributed by atoms with van der Waals surface area (Å²) >= 11 is 1.38. The molecule has 8 heteroatoms. The average Bonchev–Trinajstić information content (AvgIpc) is 3.00. The third-order valence-electron chi connectivity index (χ3n) is 3.42. The normalized spacial score (nSPS) is 12.0. The molecule has 130 valence electrons. The summed E-state index contributed by atoms with van der Waals surface area (Å²) in [5.74, 6) is -0.0705. The van der Waals surface area contributed by atoms with E-state index >= 15 is 0 Å². The topological polar surface area (TPSA) is 72.3 Å². The SMILES string of the molecule is COCCn1cnnc1SC(C)C(=O)Nc1ccc(N(C)C)cc1. The van der Waals surface area contributed by atoms with E-state index in [2.05, 4.69) is 15.5 Å². The number of hydrogen-bond donors (Lipinski definition) is 1. The third-order valence-corrected chi connectivity index (χ3v) is 4.51. The van der Waals surface area contributed by atoms with Crippen molar-refractivity contribution in [2.45, 2.75) is 23.9 Å². The van der Waals surface area contributed by atoms with Gasteiger partial charge in [-0.15, -0.1) is 10.2 Å². The molecule has 0 spiro atoms. The largest absolute Gasteiger partial charge is 0.383 e. The molecule has 2 rings (SSSR count). The Morgan fingerprint density at radius 1 is 1.38 bits per heavy atom. The van der Waals surface area contributed by atoms with Crippen LogP contribution in [0.3, 0.4) is 0 Å². The first-order valence-electron chi connectivity index (χ1n) is 7.63. The molecule has 2 aromatic rings. The minimum absolute atomic E-state index is 0.0705. The monoisotopic (exact) mass is 349 g/mol. The Labute approximate surface area is 146 Å². The first-order valence-corrected chi connectivity index (χ1v) is 8.51. The van der Waals surface area contributed by atoms with Crippen molar-refractivity contribution in [1.82, 2.24) is 14.8 Å². The molecule has 1 atom stereocenters. The van der Waals surface area contributed by atoms with Crippen LogP contribution in [0.15, 0.2) is 35.7 Å². The van der Waals surface area contributed by atoms with E-state index in [9.17, 15) is 4.79 Å². The predicted molar refractivity (Wildman–Crippen MR) is 96.6 cm³/mol.